The van der Waals surface area contributed by atoms with Crippen LogP contribution in [0.1, 0.15) is 11.3 Å². The lowest BCUT2D eigenvalue weighted by Crippen LogP contribution is -1.89. The van der Waals surface area contributed by atoms with Crippen LogP contribution in [0.5, 0.6) is 0 Å². The molecule has 0 amide bonds. The van der Waals surface area contributed by atoms with E-state index in [0.29, 0.717) is 5.76 Å². The highest BCUT2D eigenvalue weighted by atomic mass is 32.1. The molecule has 3 aromatic rings. The summed E-state index contributed by atoms with van der Waals surface area (Å²) in [6.45, 7) is 3.96. The first-order chi connectivity index (χ1) is 9.20. The third-order valence-corrected chi connectivity index (χ3v) is 3.41. The zero-order valence-electron chi connectivity index (χ0n) is 10.7. The molecule has 0 fully saturated rings. The lowest BCUT2D eigenvalue weighted by atomic mass is 10.2. The van der Waals surface area contributed by atoms with Gasteiger partial charge in [0, 0.05) is 17.1 Å². The van der Waals surface area contributed by atoms with E-state index < -0.39 is 0 Å². The molecule has 96 valence electrons. The normalized spacial score (nSPS) is 10.6. The molecule has 3 rings (SSSR count). The number of nitrogens with zero attached hydrogens (tertiary/aromatic N) is 2. The summed E-state index contributed by atoms with van der Waals surface area (Å²) in [6.07, 6.45) is 0. The summed E-state index contributed by atoms with van der Waals surface area (Å²) in [5, 5.41) is 9.95. The molecule has 19 heavy (non-hydrogen) atoms. The highest BCUT2D eigenvalue weighted by molar-refractivity contribution is 7.14. The van der Waals surface area contributed by atoms with Crippen LogP contribution in [0.25, 0.3) is 11.5 Å². The average Bonchev–Trinajstić information content (AvgIpc) is 2.98. The minimum Gasteiger partial charge on any atom is -0.354 e. The first-order valence-electron chi connectivity index (χ1n) is 5.93. The van der Waals surface area contributed by atoms with Crippen molar-refractivity contribution in [2.75, 3.05) is 5.32 Å². The van der Waals surface area contributed by atoms with Gasteiger partial charge in [-0.1, -0.05) is 17.3 Å². The Morgan fingerprint density at radius 3 is 2.84 bits per heavy atom. The number of hydrogen-bond acceptors (Lipinski definition) is 5. The summed E-state index contributed by atoms with van der Waals surface area (Å²) >= 11 is 1.54. The maximum Gasteiger partial charge on any atom is 0.187 e. The number of anilines is 2. The highest BCUT2D eigenvalue weighted by Crippen LogP contribution is 2.27. The summed E-state index contributed by atoms with van der Waals surface area (Å²) in [5.41, 5.74) is 3.92. The monoisotopic (exact) mass is 271 g/mol. The molecule has 0 saturated carbocycles. The van der Waals surface area contributed by atoms with Crippen LogP contribution in [0.3, 0.4) is 0 Å². The Morgan fingerprint density at radius 2 is 2.11 bits per heavy atom. The quantitative estimate of drug-likeness (QED) is 0.777. The number of rotatable bonds is 3. The predicted octanol–water partition coefficient (Wildman–Crippen LogP) is 4.16. The second-order valence-corrected chi connectivity index (χ2v) is 5.22. The summed E-state index contributed by atoms with van der Waals surface area (Å²) in [7, 11) is 0. The first kappa shape index (κ1) is 11.9. The molecule has 0 saturated heterocycles. The van der Waals surface area contributed by atoms with Crippen LogP contribution < -0.4 is 5.32 Å². The van der Waals surface area contributed by atoms with E-state index in [1.54, 1.807) is 11.3 Å². The van der Waals surface area contributed by atoms with Crippen LogP contribution in [-0.2, 0) is 0 Å². The molecule has 1 N–H and O–H groups in total. The zero-order chi connectivity index (χ0) is 13.2. The van der Waals surface area contributed by atoms with Crippen LogP contribution in [0.4, 0.5) is 10.8 Å². The van der Waals surface area contributed by atoms with Crippen molar-refractivity contribution in [3.05, 3.63) is 47.0 Å². The van der Waals surface area contributed by atoms with Gasteiger partial charge in [-0.05, 0) is 31.5 Å². The molecular formula is C14H13N3OS. The Hall–Kier alpha value is -2.14. The Balaban J connectivity index is 1.82. The standard InChI is InChI=1S/C14H13N3OS/c1-9-4-3-5-11(6-9)15-14-16-12(8-19-14)13-7-10(2)17-18-13/h3-8H,1-2H3,(H,15,16). The molecule has 0 bridgehead atoms. The maximum atomic E-state index is 5.20. The highest BCUT2D eigenvalue weighted by Gasteiger charge is 2.09. The minimum absolute atomic E-state index is 0.700. The number of aryl methyl sites for hydroxylation is 2. The Kier molecular flexibility index (Phi) is 3.05. The fourth-order valence-corrected chi connectivity index (χ4v) is 2.49. The predicted molar refractivity (Wildman–Crippen MR) is 76.8 cm³/mol. The fraction of sp³-hybridized carbons (Fsp3) is 0.143. The number of aromatic nitrogens is 2. The third-order valence-electron chi connectivity index (χ3n) is 2.65. The Labute approximate surface area is 115 Å². The van der Waals surface area contributed by atoms with Gasteiger partial charge in [-0.25, -0.2) is 4.98 Å². The summed E-state index contributed by atoms with van der Waals surface area (Å²) in [6, 6.07) is 10.1. The molecule has 0 spiro atoms. The number of thiazole rings is 1. The van der Waals surface area contributed by atoms with Crippen LogP contribution in [-0.4, -0.2) is 10.1 Å². The zero-order valence-corrected chi connectivity index (χ0v) is 11.5. The van der Waals surface area contributed by atoms with Crippen molar-refractivity contribution in [2.45, 2.75) is 13.8 Å². The van der Waals surface area contributed by atoms with Gasteiger partial charge < -0.3 is 9.84 Å². The van der Waals surface area contributed by atoms with E-state index in [1.165, 1.54) is 5.56 Å². The van der Waals surface area contributed by atoms with Crippen molar-refractivity contribution < 1.29 is 4.52 Å². The SMILES string of the molecule is Cc1cccc(Nc2nc(-c3cc(C)no3)cs2)c1. The van der Waals surface area contributed by atoms with Crippen LogP contribution in [0.15, 0.2) is 40.2 Å². The molecule has 0 aliphatic carbocycles. The molecular weight excluding hydrogens is 258 g/mol. The van der Waals surface area contributed by atoms with Gasteiger partial charge in [0.15, 0.2) is 10.9 Å². The van der Waals surface area contributed by atoms with E-state index in [2.05, 4.69) is 34.5 Å². The molecule has 4 nitrogen and oxygen atoms in total. The molecule has 0 atom stereocenters. The molecule has 5 heteroatoms. The van der Waals surface area contributed by atoms with E-state index >= 15 is 0 Å². The van der Waals surface area contributed by atoms with Gasteiger partial charge in [-0.3, -0.25) is 0 Å². The minimum atomic E-state index is 0.700. The molecule has 1 aromatic carbocycles. The van der Waals surface area contributed by atoms with Gasteiger partial charge in [0.25, 0.3) is 0 Å². The van der Waals surface area contributed by atoms with E-state index in [0.717, 1.165) is 22.2 Å². The van der Waals surface area contributed by atoms with E-state index in [-0.39, 0.29) is 0 Å². The molecule has 2 heterocycles. The van der Waals surface area contributed by atoms with Gasteiger partial charge in [-0.2, -0.15) is 0 Å². The van der Waals surface area contributed by atoms with Crippen molar-refractivity contribution in [1.82, 2.24) is 10.1 Å². The van der Waals surface area contributed by atoms with Gasteiger partial charge >= 0.3 is 0 Å². The molecule has 2 aromatic heterocycles. The van der Waals surface area contributed by atoms with Gasteiger partial charge in [-0.15, -0.1) is 11.3 Å². The van der Waals surface area contributed by atoms with Gasteiger partial charge in [0.1, 0.15) is 5.69 Å². The lowest BCUT2D eigenvalue weighted by molar-refractivity contribution is 0.426. The maximum absolute atomic E-state index is 5.20. The number of hydrogen-bond donors (Lipinski definition) is 1. The fourth-order valence-electron chi connectivity index (χ4n) is 1.77. The van der Waals surface area contributed by atoms with E-state index in [1.807, 2.05) is 30.5 Å². The largest absolute Gasteiger partial charge is 0.354 e. The molecule has 0 aliphatic heterocycles. The number of benzene rings is 1. The second-order valence-electron chi connectivity index (χ2n) is 4.36. The smallest absolute Gasteiger partial charge is 0.187 e. The first-order valence-corrected chi connectivity index (χ1v) is 6.81. The molecule has 0 unspecified atom stereocenters. The van der Waals surface area contributed by atoms with Crippen molar-refractivity contribution >= 4 is 22.2 Å². The van der Waals surface area contributed by atoms with Gasteiger partial charge in [0.2, 0.25) is 0 Å². The third kappa shape index (κ3) is 2.66. The van der Waals surface area contributed by atoms with Crippen LogP contribution >= 0.6 is 11.3 Å². The Bertz CT molecular complexity index is 702. The summed E-state index contributed by atoms with van der Waals surface area (Å²) < 4.78 is 5.20. The average molecular weight is 271 g/mol. The van der Waals surface area contributed by atoms with E-state index in [9.17, 15) is 0 Å². The molecule has 0 radical (unpaired) electrons. The summed E-state index contributed by atoms with van der Waals surface area (Å²) in [4.78, 5) is 4.49. The van der Waals surface area contributed by atoms with Crippen LogP contribution in [0.2, 0.25) is 0 Å². The van der Waals surface area contributed by atoms with E-state index in [4.69, 9.17) is 4.52 Å². The van der Waals surface area contributed by atoms with Crippen molar-refractivity contribution in [3.63, 3.8) is 0 Å². The molecule has 0 aliphatic rings. The lowest BCUT2D eigenvalue weighted by Gasteiger charge is -2.02. The van der Waals surface area contributed by atoms with Crippen molar-refractivity contribution in [1.29, 1.82) is 0 Å². The van der Waals surface area contributed by atoms with Crippen LogP contribution in [0, 0.1) is 13.8 Å². The Morgan fingerprint density at radius 1 is 1.21 bits per heavy atom. The van der Waals surface area contributed by atoms with Crippen molar-refractivity contribution in [3.8, 4) is 11.5 Å². The topological polar surface area (TPSA) is 51.0 Å². The number of nitrogens with one attached hydrogen (secondary N) is 1. The van der Waals surface area contributed by atoms with Gasteiger partial charge in [0.05, 0.1) is 5.69 Å². The second kappa shape index (κ2) is 4.85. The summed E-state index contributed by atoms with van der Waals surface area (Å²) in [5.74, 6) is 0.700. The van der Waals surface area contributed by atoms with Crippen molar-refractivity contribution in [2.24, 2.45) is 0 Å².